The van der Waals surface area contributed by atoms with Crippen LogP contribution in [0, 0.1) is 6.92 Å². The number of aromatic nitrogens is 2. The van der Waals surface area contributed by atoms with Gasteiger partial charge < -0.3 is 24.7 Å². The molecule has 0 aliphatic carbocycles. The Balaban J connectivity index is 1.49. The summed E-state index contributed by atoms with van der Waals surface area (Å²) in [5.74, 6) is -1.55. The van der Waals surface area contributed by atoms with Gasteiger partial charge in [-0.15, -0.1) is 0 Å². The number of hydrogen-bond acceptors (Lipinski definition) is 7. The number of nitrogens with one attached hydrogen (secondary N) is 2. The molecule has 1 aliphatic rings. The smallest absolute Gasteiger partial charge is 0.303 e. The maximum absolute atomic E-state index is 13.9. The summed E-state index contributed by atoms with van der Waals surface area (Å²) in [4.78, 5) is 67.9. The Morgan fingerprint density at radius 3 is 2.42 bits per heavy atom. The van der Waals surface area contributed by atoms with Crippen molar-refractivity contribution in [1.29, 1.82) is 0 Å². The van der Waals surface area contributed by atoms with E-state index >= 15 is 0 Å². The van der Waals surface area contributed by atoms with Gasteiger partial charge in [-0.3, -0.25) is 28.5 Å². The van der Waals surface area contributed by atoms with Crippen LogP contribution in [0.25, 0.3) is 21.8 Å². The fraction of sp³-hybridized carbons (Fsp3) is 0.276. The van der Waals surface area contributed by atoms with Gasteiger partial charge in [0.2, 0.25) is 0 Å². The summed E-state index contributed by atoms with van der Waals surface area (Å²) >= 11 is 0. The number of amides is 2. The Bertz CT molecular complexity index is 1720. The monoisotopic (exact) mass is 544 g/mol. The Labute approximate surface area is 228 Å². The van der Waals surface area contributed by atoms with Gasteiger partial charge in [-0.2, -0.15) is 0 Å². The lowest BCUT2D eigenvalue weighted by Crippen LogP contribution is -2.61. The quantitative estimate of drug-likeness (QED) is 0.256. The number of aryl methyl sites for hydroxylation is 1. The second-order valence-electron chi connectivity index (χ2n) is 9.68. The number of methoxy groups -OCH3 is 1. The summed E-state index contributed by atoms with van der Waals surface area (Å²) in [6.07, 6.45) is 0. The lowest BCUT2D eigenvalue weighted by molar-refractivity contribution is -0.152. The molecule has 4 aromatic rings. The summed E-state index contributed by atoms with van der Waals surface area (Å²) in [7, 11) is 1.37. The van der Waals surface area contributed by atoms with E-state index in [0.29, 0.717) is 22.0 Å². The average Bonchev–Trinajstić information content (AvgIpc) is 3.31. The van der Waals surface area contributed by atoms with Crippen LogP contribution < -0.4 is 15.6 Å². The second kappa shape index (κ2) is 10.7. The van der Waals surface area contributed by atoms with Crippen LogP contribution in [-0.4, -0.2) is 70.9 Å². The molecule has 11 heteroatoms. The molecule has 0 atom stereocenters. The lowest BCUT2D eigenvalue weighted by atomic mass is 10.1. The predicted molar refractivity (Wildman–Crippen MR) is 147 cm³/mol. The van der Waals surface area contributed by atoms with Gasteiger partial charge in [0, 0.05) is 31.0 Å². The topological polar surface area (TPSA) is 140 Å². The minimum atomic E-state index is -0.545. The molecular formula is C29H28N4O7. The van der Waals surface area contributed by atoms with Gasteiger partial charge in [0.05, 0.1) is 30.7 Å². The van der Waals surface area contributed by atoms with Crippen LogP contribution in [0.15, 0.2) is 53.3 Å². The molecule has 2 aromatic carbocycles. The van der Waals surface area contributed by atoms with E-state index in [4.69, 9.17) is 9.47 Å². The standard InChI is InChI=1S/C29H28N4O7/c1-16-8-7-11-20-23(16)25-24(29(38)33(20)14-21(35)18-9-5-4-6-10-18)27(39-3)26(31-25)28(37)30-19-12-32(13-19)22(36)15-40-17(2)34/h4-11,19,31H,12-15H2,1-3H3,(H,30,37). The summed E-state index contributed by atoms with van der Waals surface area (Å²) in [5.41, 5.74) is 1.93. The Hall–Kier alpha value is -4.93. The molecule has 11 nitrogen and oxygen atoms in total. The van der Waals surface area contributed by atoms with Crippen LogP contribution in [0.1, 0.15) is 33.3 Å². The van der Waals surface area contributed by atoms with Crippen molar-refractivity contribution < 1.29 is 28.7 Å². The van der Waals surface area contributed by atoms with E-state index in [0.717, 1.165) is 5.56 Å². The number of carbonyl (C=O) groups is 4. The molecule has 0 radical (unpaired) electrons. The first-order valence-corrected chi connectivity index (χ1v) is 12.7. The number of likely N-dealkylation sites (tertiary alicyclic amines) is 1. The number of rotatable bonds is 8. The molecule has 206 valence electrons. The highest BCUT2D eigenvalue weighted by atomic mass is 16.5. The first-order chi connectivity index (χ1) is 19.2. The number of ketones is 1. The van der Waals surface area contributed by atoms with E-state index in [-0.39, 0.29) is 60.8 Å². The molecule has 1 saturated heterocycles. The van der Waals surface area contributed by atoms with Crippen molar-refractivity contribution in [2.45, 2.75) is 26.4 Å². The second-order valence-corrected chi connectivity index (χ2v) is 9.68. The van der Waals surface area contributed by atoms with Crippen LogP contribution in [0.2, 0.25) is 0 Å². The molecule has 0 spiro atoms. The molecule has 2 aromatic heterocycles. The minimum absolute atomic E-state index is 0.0657. The fourth-order valence-corrected chi connectivity index (χ4v) is 4.99. The van der Waals surface area contributed by atoms with Crippen LogP contribution in [0.3, 0.4) is 0 Å². The van der Waals surface area contributed by atoms with Gasteiger partial charge >= 0.3 is 5.97 Å². The van der Waals surface area contributed by atoms with Crippen molar-refractivity contribution in [2.75, 3.05) is 26.8 Å². The number of aromatic amines is 1. The summed E-state index contributed by atoms with van der Waals surface area (Å²) in [6, 6.07) is 13.9. The van der Waals surface area contributed by atoms with E-state index in [1.165, 1.54) is 23.5 Å². The molecule has 2 amide bonds. The highest BCUT2D eigenvalue weighted by molar-refractivity contribution is 6.12. The number of H-pyrrole nitrogens is 1. The van der Waals surface area contributed by atoms with Crippen molar-refractivity contribution in [3.8, 4) is 5.75 Å². The fourth-order valence-electron chi connectivity index (χ4n) is 4.99. The first kappa shape index (κ1) is 26.7. The lowest BCUT2D eigenvalue weighted by Gasteiger charge is -2.39. The number of ether oxygens (including phenoxy) is 2. The van der Waals surface area contributed by atoms with Crippen molar-refractivity contribution in [3.05, 3.63) is 75.7 Å². The molecule has 1 aliphatic heterocycles. The van der Waals surface area contributed by atoms with Gasteiger partial charge in [-0.25, -0.2) is 0 Å². The third kappa shape index (κ3) is 4.81. The minimum Gasteiger partial charge on any atom is -0.493 e. The molecule has 1 fully saturated rings. The number of Topliss-reactive ketones (excluding diaryl/α,β-unsaturated/α-hetero) is 1. The molecule has 40 heavy (non-hydrogen) atoms. The van der Waals surface area contributed by atoms with Crippen LogP contribution in [-0.2, 0) is 20.9 Å². The highest BCUT2D eigenvalue weighted by Crippen LogP contribution is 2.34. The van der Waals surface area contributed by atoms with Gasteiger partial charge in [0.25, 0.3) is 17.4 Å². The number of nitrogens with zero attached hydrogens (tertiary/aromatic N) is 2. The maximum Gasteiger partial charge on any atom is 0.303 e. The van der Waals surface area contributed by atoms with Crippen LogP contribution in [0.4, 0.5) is 0 Å². The largest absolute Gasteiger partial charge is 0.493 e. The van der Waals surface area contributed by atoms with Crippen LogP contribution in [0.5, 0.6) is 5.75 Å². The Morgan fingerprint density at radius 2 is 1.75 bits per heavy atom. The number of benzene rings is 2. The summed E-state index contributed by atoms with van der Waals surface area (Å²) in [5, 5.41) is 3.72. The van der Waals surface area contributed by atoms with Crippen molar-refractivity contribution in [2.24, 2.45) is 0 Å². The summed E-state index contributed by atoms with van der Waals surface area (Å²) < 4.78 is 11.7. The van der Waals surface area contributed by atoms with E-state index in [2.05, 4.69) is 10.3 Å². The van der Waals surface area contributed by atoms with E-state index in [9.17, 15) is 24.0 Å². The normalized spacial score (nSPS) is 13.2. The van der Waals surface area contributed by atoms with Gasteiger partial charge in [0.15, 0.2) is 18.1 Å². The van der Waals surface area contributed by atoms with Gasteiger partial charge in [0.1, 0.15) is 11.1 Å². The SMILES string of the molecule is COc1c(C(=O)NC2CN(C(=O)COC(C)=O)C2)[nH]c2c1c(=O)n(CC(=O)c1ccccc1)c1cccc(C)c21. The Morgan fingerprint density at radius 1 is 1.02 bits per heavy atom. The number of pyridine rings is 1. The number of fused-ring (bicyclic) bond motifs is 3. The maximum atomic E-state index is 13.9. The van der Waals surface area contributed by atoms with Crippen molar-refractivity contribution >= 4 is 45.4 Å². The van der Waals surface area contributed by atoms with E-state index in [1.807, 2.05) is 25.1 Å². The molecule has 3 heterocycles. The zero-order valence-electron chi connectivity index (χ0n) is 22.3. The van der Waals surface area contributed by atoms with E-state index < -0.39 is 17.4 Å². The third-order valence-electron chi connectivity index (χ3n) is 7.00. The predicted octanol–water partition coefficient (Wildman–Crippen LogP) is 2.19. The van der Waals surface area contributed by atoms with Crippen molar-refractivity contribution in [3.63, 3.8) is 0 Å². The van der Waals surface area contributed by atoms with Crippen molar-refractivity contribution in [1.82, 2.24) is 19.8 Å². The molecular weight excluding hydrogens is 516 g/mol. The summed E-state index contributed by atoms with van der Waals surface area (Å²) in [6.45, 7) is 3.08. The van der Waals surface area contributed by atoms with E-state index in [1.54, 1.807) is 30.3 Å². The zero-order chi connectivity index (χ0) is 28.6. The molecule has 2 N–H and O–H groups in total. The number of hydrogen-bond donors (Lipinski definition) is 2. The average molecular weight is 545 g/mol. The Kier molecular flexibility index (Phi) is 7.12. The molecule has 0 saturated carbocycles. The third-order valence-corrected chi connectivity index (χ3v) is 7.00. The molecule has 0 unspecified atom stereocenters. The molecule has 0 bridgehead atoms. The molecule has 5 rings (SSSR count). The van der Waals surface area contributed by atoms with Crippen LogP contribution >= 0.6 is 0 Å². The zero-order valence-corrected chi connectivity index (χ0v) is 22.3. The van der Waals surface area contributed by atoms with Gasteiger partial charge in [-0.05, 0) is 18.6 Å². The van der Waals surface area contributed by atoms with Gasteiger partial charge in [-0.1, -0.05) is 42.5 Å². The number of esters is 1. The number of carbonyl (C=O) groups excluding carboxylic acids is 4. The highest BCUT2D eigenvalue weighted by Gasteiger charge is 2.34. The first-order valence-electron chi connectivity index (χ1n) is 12.7.